The molecule has 2 aromatic carbocycles. The SMILES string of the molecule is NC(=O)c1cccc2c(N[C@H](CN3CCC3)c3cc(F)c(F)c(F)c3)ncnc12. The number of aromatic nitrogens is 2. The number of halogens is 3. The summed E-state index contributed by atoms with van der Waals surface area (Å²) >= 11 is 0. The van der Waals surface area contributed by atoms with Crippen LogP contribution in [0.25, 0.3) is 10.9 Å². The molecule has 0 bridgehead atoms. The van der Waals surface area contributed by atoms with Gasteiger partial charge in [0.05, 0.1) is 17.1 Å². The highest BCUT2D eigenvalue weighted by Gasteiger charge is 2.24. The van der Waals surface area contributed by atoms with Gasteiger partial charge >= 0.3 is 0 Å². The Kier molecular flexibility index (Phi) is 5.06. The average molecular weight is 401 g/mol. The van der Waals surface area contributed by atoms with E-state index in [0.717, 1.165) is 31.6 Å². The fraction of sp³-hybridized carbons (Fsp3) is 0.250. The second kappa shape index (κ2) is 7.67. The highest BCUT2D eigenvalue weighted by molar-refractivity contribution is 6.06. The summed E-state index contributed by atoms with van der Waals surface area (Å²) in [7, 11) is 0. The molecule has 0 saturated carbocycles. The lowest BCUT2D eigenvalue weighted by Crippen LogP contribution is -2.41. The van der Waals surface area contributed by atoms with Crippen molar-refractivity contribution in [3.05, 3.63) is 65.2 Å². The Balaban J connectivity index is 1.75. The topological polar surface area (TPSA) is 84.1 Å². The standard InChI is InChI=1S/C20H18F3N5O/c21-14-7-11(8-15(22)17(14)23)16(9-28-5-2-6-28)27-20-13-4-1-3-12(19(24)29)18(13)25-10-26-20/h1,3-4,7-8,10,16H,2,5-6,9H2,(H2,24,29)(H,25,26,27)/t16-/m1/s1. The predicted molar refractivity (Wildman–Crippen MR) is 102 cm³/mol. The third kappa shape index (κ3) is 3.73. The summed E-state index contributed by atoms with van der Waals surface area (Å²) in [6.07, 6.45) is 2.32. The first-order valence-corrected chi connectivity index (χ1v) is 9.11. The number of benzene rings is 2. The van der Waals surface area contributed by atoms with Gasteiger partial charge in [0, 0.05) is 11.9 Å². The number of amides is 1. The summed E-state index contributed by atoms with van der Waals surface area (Å²) in [4.78, 5) is 22.2. The molecule has 0 aliphatic carbocycles. The second-order valence-electron chi connectivity index (χ2n) is 6.94. The zero-order valence-corrected chi connectivity index (χ0v) is 15.3. The third-order valence-electron chi connectivity index (χ3n) is 5.04. The summed E-state index contributed by atoms with van der Waals surface area (Å²) in [6, 6.07) is 6.33. The van der Waals surface area contributed by atoms with Gasteiger partial charge < -0.3 is 16.0 Å². The van der Waals surface area contributed by atoms with Gasteiger partial charge in [0.25, 0.3) is 5.91 Å². The highest BCUT2D eigenvalue weighted by Crippen LogP contribution is 2.28. The Labute approximate surface area is 164 Å². The van der Waals surface area contributed by atoms with Crippen LogP contribution in [0, 0.1) is 17.5 Å². The number of fused-ring (bicyclic) bond motifs is 1. The average Bonchev–Trinajstić information content (AvgIpc) is 2.67. The maximum Gasteiger partial charge on any atom is 0.250 e. The van der Waals surface area contributed by atoms with E-state index >= 15 is 0 Å². The van der Waals surface area contributed by atoms with Crippen molar-refractivity contribution in [3.63, 3.8) is 0 Å². The molecule has 2 heterocycles. The van der Waals surface area contributed by atoms with E-state index in [4.69, 9.17) is 5.73 Å². The van der Waals surface area contributed by atoms with Crippen molar-refractivity contribution in [2.75, 3.05) is 25.0 Å². The largest absolute Gasteiger partial charge is 0.366 e. The van der Waals surface area contributed by atoms with Crippen molar-refractivity contribution in [2.24, 2.45) is 5.73 Å². The molecule has 1 aliphatic heterocycles. The molecule has 0 radical (unpaired) electrons. The fourth-order valence-corrected chi connectivity index (χ4v) is 3.40. The molecule has 1 atom stereocenters. The van der Waals surface area contributed by atoms with Crippen molar-refractivity contribution in [2.45, 2.75) is 12.5 Å². The highest BCUT2D eigenvalue weighted by atomic mass is 19.2. The molecule has 0 unspecified atom stereocenters. The minimum atomic E-state index is -1.50. The van der Waals surface area contributed by atoms with Gasteiger partial charge in [-0.3, -0.25) is 4.79 Å². The number of anilines is 1. The van der Waals surface area contributed by atoms with Gasteiger partial charge in [0.1, 0.15) is 12.1 Å². The van der Waals surface area contributed by atoms with E-state index in [9.17, 15) is 18.0 Å². The quantitative estimate of drug-likeness (QED) is 0.621. The smallest absolute Gasteiger partial charge is 0.250 e. The molecule has 29 heavy (non-hydrogen) atoms. The van der Waals surface area contributed by atoms with Crippen LogP contribution in [-0.2, 0) is 0 Å². The molecule has 1 aromatic heterocycles. The number of hydrogen-bond donors (Lipinski definition) is 2. The van der Waals surface area contributed by atoms with Gasteiger partial charge in [-0.1, -0.05) is 6.07 Å². The van der Waals surface area contributed by atoms with Crippen molar-refractivity contribution < 1.29 is 18.0 Å². The number of para-hydroxylation sites is 1. The zero-order valence-electron chi connectivity index (χ0n) is 15.3. The van der Waals surface area contributed by atoms with E-state index in [2.05, 4.69) is 20.2 Å². The Hall–Kier alpha value is -3.20. The van der Waals surface area contributed by atoms with Gasteiger partial charge in [-0.2, -0.15) is 0 Å². The molecular weight excluding hydrogens is 383 g/mol. The Morgan fingerprint density at radius 3 is 2.52 bits per heavy atom. The molecule has 4 rings (SSSR count). The number of likely N-dealkylation sites (tertiary alicyclic amines) is 1. The van der Waals surface area contributed by atoms with Crippen LogP contribution in [0.5, 0.6) is 0 Å². The molecule has 0 spiro atoms. The molecule has 150 valence electrons. The van der Waals surface area contributed by atoms with Gasteiger partial charge in [-0.15, -0.1) is 0 Å². The molecule has 1 fully saturated rings. The first kappa shape index (κ1) is 19.1. The molecule has 9 heteroatoms. The zero-order chi connectivity index (χ0) is 20.5. The number of rotatable bonds is 6. The second-order valence-corrected chi connectivity index (χ2v) is 6.94. The van der Waals surface area contributed by atoms with Crippen LogP contribution in [0.1, 0.15) is 28.4 Å². The van der Waals surface area contributed by atoms with Gasteiger partial charge in [0.15, 0.2) is 17.5 Å². The number of carbonyl (C=O) groups excluding carboxylic acids is 1. The first-order valence-electron chi connectivity index (χ1n) is 9.11. The van der Waals surface area contributed by atoms with E-state index < -0.39 is 29.4 Å². The molecule has 3 aromatic rings. The summed E-state index contributed by atoms with van der Waals surface area (Å²) in [5, 5.41) is 3.72. The Morgan fingerprint density at radius 2 is 1.90 bits per heavy atom. The van der Waals surface area contributed by atoms with Crippen LogP contribution in [0.3, 0.4) is 0 Å². The Morgan fingerprint density at radius 1 is 1.17 bits per heavy atom. The van der Waals surface area contributed by atoms with Crippen LogP contribution in [0.2, 0.25) is 0 Å². The van der Waals surface area contributed by atoms with Crippen molar-refractivity contribution in [1.82, 2.24) is 14.9 Å². The summed E-state index contributed by atoms with van der Waals surface area (Å²) < 4.78 is 41.1. The van der Waals surface area contributed by atoms with Crippen LogP contribution in [0.4, 0.5) is 19.0 Å². The first-order chi connectivity index (χ1) is 13.9. The predicted octanol–water partition coefficient (Wildman–Crippen LogP) is 3.00. The number of hydrogen-bond acceptors (Lipinski definition) is 5. The lowest BCUT2D eigenvalue weighted by atomic mass is 10.0. The number of primary amides is 1. The maximum absolute atomic E-state index is 13.8. The number of nitrogens with two attached hydrogens (primary N) is 1. The lowest BCUT2D eigenvalue weighted by molar-refractivity contribution is 0.100. The van der Waals surface area contributed by atoms with Crippen LogP contribution in [0.15, 0.2) is 36.7 Å². The van der Waals surface area contributed by atoms with Crippen LogP contribution in [-0.4, -0.2) is 40.4 Å². The van der Waals surface area contributed by atoms with E-state index in [1.165, 1.54) is 6.33 Å². The minimum Gasteiger partial charge on any atom is -0.366 e. The third-order valence-corrected chi connectivity index (χ3v) is 5.04. The molecule has 3 N–H and O–H groups in total. The van der Waals surface area contributed by atoms with E-state index in [1.807, 2.05) is 0 Å². The molecule has 1 aliphatic rings. The number of nitrogens with zero attached hydrogens (tertiary/aromatic N) is 3. The van der Waals surface area contributed by atoms with Gasteiger partial charge in [0.2, 0.25) is 0 Å². The van der Waals surface area contributed by atoms with Crippen LogP contribution < -0.4 is 11.1 Å². The molecule has 6 nitrogen and oxygen atoms in total. The molecule has 1 amide bonds. The monoisotopic (exact) mass is 401 g/mol. The summed E-state index contributed by atoms with van der Waals surface area (Å²) in [5.74, 6) is -4.25. The molecular formula is C20H18F3N5O. The lowest BCUT2D eigenvalue weighted by Gasteiger charge is -2.35. The molecule has 1 saturated heterocycles. The van der Waals surface area contributed by atoms with Gasteiger partial charge in [-0.25, -0.2) is 23.1 Å². The van der Waals surface area contributed by atoms with E-state index in [1.54, 1.807) is 18.2 Å². The van der Waals surface area contributed by atoms with Gasteiger partial charge in [-0.05, 0) is 49.3 Å². The summed E-state index contributed by atoms with van der Waals surface area (Å²) in [5.41, 5.74) is 6.29. The normalized spacial score (nSPS) is 15.1. The van der Waals surface area contributed by atoms with Crippen LogP contribution >= 0.6 is 0 Å². The number of carbonyl (C=O) groups is 1. The van der Waals surface area contributed by atoms with Crippen molar-refractivity contribution in [1.29, 1.82) is 0 Å². The summed E-state index contributed by atoms with van der Waals surface area (Å²) in [6.45, 7) is 2.17. The van der Waals surface area contributed by atoms with E-state index in [0.29, 0.717) is 23.3 Å². The maximum atomic E-state index is 13.8. The fourth-order valence-electron chi connectivity index (χ4n) is 3.40. The number of nitrogens with one attached hydrogen (secondary N) is 1. The van der Waals surface area contributed by atoms with E-state index in [-0.39, 0.29) is 11.1 Å². The minimum absolute atomic E-state index is 0.242. The Bertz CT molecular complexity index is 1060. The van der Waals surface area contributed by atoms with Crippen molar-refractivity contribution >= 4 is 22.6 Å². The van der Waals surface area contributed by atoms with Crippen molar-refractivity contribution in [3.8, 4) is 0 Å².